The normalized spacial score (nSPS) is 13.4. The Morgan fingerprint density at radius 3 is 2.53 bits per heavy atom. The predicted octanol–water partition coefficient (Wildman–Crippen LogP) is 3.22. The molecule has 0 fully saturated rings. The van der Waals surface area contributed by atoms with E-state index in [9.17, 15) is 4.79 Å². The van der Waals surface area contributed by atoms with Crippen LogP contribution < -0.4 is 0 Å². The van der Waals surface area contributed by atoms with E-state index in [1.54, 1.807) is 0 Å². The molecule has 3 nitrogen and oxygen atoms in total. The molecular formula is C14H18O3S2. The van der Waals surface area contributed by atoms with Gasteiger partial charge in [0, 0.05) is 0 Å². The summed E-state index contributed by atoms with van der Waals surface area (Å²) in [6, 6.07) is 9.78. The molecule has 1 aromatic carbocycles. The Labute approximate surface area is 123 Å². The van der Waals surface area contributed by atoms with Crippen LogP contribution in [0.5, 0.6) is 0 Å². The number of hydrogen-bond donors (Lipinski definition) is 0. The molecule has 104 valence electrons. The minimum absolute atomic E-state index is 0.302. The fourth-order valence-corrected chi connectivity index (χ4v) is 3.30. The molecule has 0 aliphatic rings. The van der Waals surface area contributed by atoms with Gasteiger partial charge in [-0.05, 0) is 38.0 Å². The summed E-state index contributed by atoms with van der Waals surface area (Å²) in [5, 5.41) is 0. The topological polar surface area (TPSA) is 35.5 Å². The number of hydrogen-bond acceptors (Lipinski definition) is 5. The highest BCUT2D eigenvalue weighted by atomic mass is 32.2. The highest BCUT2D eigenvalue weighted by Crippen LogP contribution is 2.32. The maximum atomic E-state index is 12.0. The minimum atomic E-state index is -0.775. The molecular weight excluding hydrogens is 280 g/mol. The van der Waals surface area contributed by atoms with Gasteiger partial charge in [0.15, 0.2) is 0 Å². The van der Waals surface area contributed by atoms with Crippen molar-refractivity contribution in [3.63, 3.8) is 0 Å². The molecule has 5 heteroatoms. The first-order chi connectivity index (χ1) is 9.01. The zero-order valence-corrected chi connectivity index (χ0v) is 13.0. The molecule has 1 unspecified atom stereocenters. The smallest absolute Gasteiger partial charge is 0.322 e. The van der Waals surface area contributed by atoms with Crippen molar-refractivity contribution < 1.29 is 14.3 Å². The van der Waals surface area contributed by atoms with E-state index in [1.165, 1.54) is 18.9 Å². The Kier molecular flexibility index (Phi) is 6.31. The molecule has 0 amide bonds. The van der Waals surface area contributed by atoms with Crippen LogP contribution in [-0.4, -0.2) is 28.8 Å². The zero-order chi connectivity index (χ0) is 14.3. The van der Waals surface area contributed by atoms with Gasteiger partial charge in [-0.1, -0.05) is 42.1 Å². The molecule has 0 aliphatic heterocycles. The van der Waals surface area contributed by atoms with Crippen molar-refractivity contribution in [3.05, 3.63) is 35.9 Å². The van der Waals surface area contributed by atoms with Crippen molar-refractivity contribution in [2.24, 2.45) is 0 Å². The molecule has 0 saturated carbocycles. The summed E-state index contributed by atoms with van der Waals surface area (Å²) in [6.45, 7) is 4.18. The van der Waals surface area contributed by atoms with E-state index in [2.05, 4.69) is 0 Å². The van der Waals surface area contributed by atoms with Gasteiger partial charge in [0.2, 0.25) is 4.38 Å². The number of thiocarbonyl (C=S) groups is 1. The molecule has 0 spiro atoms. The minimum Gasteiger partial charge on any atom is -0.479 e. The first-order valence-electron chi connectivity index (χ1n) is 6.00. The van der Waals surface area contributed by atoms with Gasteiger partial charge in [-0.25, -0.2) is 0 Å². The number of benzene rings is 1. The largest absolute Gasteiger partial charge is 0.479 e. The van der Waals surface area contributed by atoms with Gasteiger partial charge in [-0.15, -0.1) is 0 Å². The highest BCUT2D eigenvalue weighted by molar-refractivity contribution is 8.23. The van der Waals surface area contributed by atoms with Crippen LogP contribution >= 0.6 is 24.0 Å². The quantitative estimate of drug-likeness (QED) is 0.616. The van der Waals surface area contributed by atoms with Crippen molar-refractivity contribution in [1.29, 1.82) is 0 Å². The van der Waals surface area contributed by atoms with E-state index < -0.39 is 4.75 Å². The summed E-state index contributed by atoms with van der Waals surface area (Å²) in [5.74, 6) is -0.302. The van der Waals surface area contributed by atoms with Crippen LogP contribution in [-0.2, 0) is 20.7 Å². The summed E-state index contributed by atoms with van der Waals surface area (Å²) in [4.78, 5) is 12.0. The second-order valence-corrected chi connectivity index (χ2v) is 6.28. The maximum Gasteiger partial charge on any atom is 0.322 e. The van der Waals surface area contributed by atoms with E-state index in [0.717, 1.165) is 5.56 Å². The molecule has 19 heavy (non-hydrogen) atoms. The second-order valence-electron chi connectivity index (χ2n) is 4.17. The Balaban J connectivity index is 2.87. The molecule has 0 bridgehead atoms. The van der Waals surface area contributed by atoms with Gasteiger partial charge in [0.25, 0.3) is 0 Å². The van der Waals surface area contributed by atoms with Gasteiger partial charge >= 0.3 is 5.97 Å². The number of carbonyl (C=O) groups excluding carboxylic acids is 1. The molecule has 0 saturated heterocycles. The number of ether oxygens (including phenoxy) is 2. The van der Waals surface area contributed by atoms with Gasteiger partial charge in [-0.2, -0.15) is 0 Å². The van der Waals surface area contributed by atoms with Crippen LogP contribution in [0.15, 0.2) is 30.3 Å². The average Bonchev–Trinajstić information content (AvgIpc) is 2.38. The van der Waals surface area contributed by atoms with Crippen molar-refractivity contribution in [1.82, 2.24) is 0 Å². The van der Waals surface area contributed by atoms with E-state index in [1.807, 2.05) is 44.2 Å². The molecule has 0 aliphatic carbocycles. The Hall–Kier alpha value is -1.07. The highest BCUT2D eigenvalue weighted by Gasteiger charge is 2.37. The number of rotatable bonds is 5. The van der Waals surface area contributed by atoms with Crippen LogP contribution in [0.2, 0.25) is 0 Å². The fraction of sp³-hybridized carbons (Fsp3) is 0.429. The van der Waals surface area contributed by atoms with E-state index >= 15 is 0 Å². The number of esters is 1. The standard InChI is InChI=1S/C14H18O3S2/c1-4-17-13(18)19-14(2,12(15)16-3)10-11-8-6-5-7-9-11/h5-9H,4,10H2,1-3H3. The van der Waals surface area contributed by atoms with Gasteiger partial charge in [0.05, 0.1) is 13.7 Å². The molecule has 0 aromatic heterocycles. The zero-order valence-electron chi connectivity index (χ0n) is 11.3. The average molecular weight is 298 g/mol. The lowest BCUT2D eigenvalue weighted by Gasteiger charge is -2.25. The first kappa shape index (κ1) is 16.0. The fourth-order valence-electron chi connectivity index (χ4n) is 1.68. The molecule has 1 atom stereocenters. The van der Waals surface area contributed by atoms with E-state index in [0.29, 0.717) is 17.4 Å². The van der Waals surface area contributed by atoms with E-state index in [-0.39, 0.29) is 5.97 Å². The third-order valence-corrected chi connectivity index (χ3v) is 3.99. The van der Waals surface area contributed by atoms with Gasteiger partial charge < -0.3 is 9.47 Å². The molecule has 0 N–H and O–H groups in total. The van der Waals surface area contributed by atoms with Crippen molar-refractivity contribution in [3.8, 4) is 0 Å². The van der Waals surface area contributed by atoms with E-state index in [4.69, 9.17) is 21.7 Å². The molecule has 1 rings (SSSR count). The summed E-state index contributed by atoms with van der Waals surface area (Å²) in [5.41, 5.74) is 1.06. The summed E-state index contributed by atoms with van der Waals surface area (Å²) in [6.07, 6.45) is 0.540. The van der Waals surface area contributed by atoms with Crippen LogP contribution in [0, 0.1) is 0 Å². The van der Waals surface area contributed by atoms with Crippen molar-refractivity contribution in [2.75, 3.05) is 13.7 Å². The van der Waals surface area contributed by atoms with Crippen LogP contribution in [0.4, 0.5) is 0 Å². The Bertz CT molecular complexity index is 434. The van der Waals surface area contributed by atoms with Gasteiger partial charge in [-0.3, -0.25) is 4.79 Å². The van der Waals surface area contributed by atoms with Crippen molar-refractivity contribution in [2.45, 2.75) is 25.0 Å². The summed E-state index contributed by atoms with van der Waals surface area (Å²) >= 11 is 6.35. The summed E-state index contributed by atoms with van der Waals surface area (Å²) in [7, 11) is 1.38. The first-order valence-corrected chi connectivity index (χ1v) is 7.22. The number of methoxy groups -OCH3 is 1. The number of carbonyl (C=O) groups is 1. The second kappa shape index (κ2) is 7.50. The summed E-state index contributed by atoms with van der Waals surface area (Å²) < 4.78 is 9.74. The molecule has 0 radical (unpaired) electrons. The van der Waals surface area contributed by atoms with Gasteiger partial charge in [0.1, 0.15) is 4.75 Å². The van der Waals surface area contributed by atoms with Crippen LogP contribution in [0.25, 0.3) is 0 Å². The lowest BCUT2D eigenvalue weighted by atomic mass is 10.0. The Morgan fingerprint density at radius 2 is 2.00 bits per heavy atom. The molecule has 0 heterocycles. The van der Waals surface area contributed by atoms with Crippen LogP contribution in [0.3, 0.4) is 0 Å². The maximum absolute atomic E-state index is 12.0. The Morgan fingerprint density at radius 1 is 1.37 bits per heavy atom. The lowest BCUT2D eigenvalue weighted by Crippen LogP contribution is -2.36. The lowest BCUT2D eigenvalue weighted by molar-refractivity contribution is -0.143. The number of thioether (sulfide) groups is 1. The molecule has 1 aromatic rings. The third-order valence-electron chi connectivity index (χ3n) is 2.57. The van der Waals surface area contributed by atoms with Crippen molar-refractivity contribution >= 4 is 34.3 Å². The SMILES string of the molecule is CCOC(=S)SC(C)(Cc1ccccc1)C(=O)OC. The predicted molar refractivity (Wildman–Crippen MR) is 82.4 cm³/mol. The monoisotopic (exact) mass is 298 g/mol. The van der Waals surface area contributed by atoms with Crippen LogP contribution in [0.1, 0.15) is 19.4 Å². The third kappa shape index (κ3) is 4.84.